The van der Waals surface area contributed by atoms with Crippen molar-refractivity contribution in [3.63, 3.8) is 0 Å². The minimum atomic E-state index is 0.809. The first kappa shape index (κ1) is 35.1. The Hall–Kier alpha value is -8.08. The zero-order valence-electron chi connectivity index (χ0n) is 32.6. The summed E-state index contributed by atoms with van der Waals surface area (Å²) in [5.74, 6) is 0. The largest absolute Gasteiger partial charge is 0.263 e. The van der Waals surface area contributed by atoms with Gasteiger partial charge in [0, 0.05) is 35.9 Å². The van der Waals surface area contributed by atoms with Gasteiger partial charge in [-0.15, -0.1) is 0 Å². The van der Waals surface area contributed by atoms with E-state index in [1.54, 1.807) is 12.4 Å². The van der Waals surface area contributed by atoms with Gasteiger partial charge in [-0.25, -0.2) is 4.98 Å². The molecule has 60 heavy (non-hydrogen) atoms. The van der Waals surface area contributed by atoms with E-state index in [9.17, 15) is 0 Å². The Kier molecular flexibility index (Phi) is 8.79. The van der Waals surface area contributed by atoms with Crippen LogP contribution in [0.2, 0.25) is 0 Å². The van der Waals surface area contributed by atoms with Crippen LogP contribution < -0.4 is 0 Å². The monoisotopic (exact) mass is 764 g/mol. The van der Waals surface area contributed by atoms with Gasteiger partial charge in [0.05, 0.1) is 22.8 Å². The van der Waals surface area contributed by atoms with Crippen molar-refractivity contribution in [2.75, 3.05) is 0 Å². The molecule has 4 heteroatoms. The lowest BCUT2D eigenvalue weighted by Crippen LogP contribution is -1.94. The van der Waals surface area contributed by atoms with E-state index in [4.69, 9.17) is 9.97 Å². The van der Waals surface area contributed by atoms with Crippen molar-refractivity contribution in [1.82, 2.24) is 19.9 Å². The van der Waals surface area contributed by atoms with E-state index in [-0.39, 0.29) is 0 Å². The first-order chi connectivity index (χ1) is 29.7. The lowest BCUT2D eigenvalue weighted by Gasteiger charge is -2.14. The van der Waals surface area contributed by atoms with Gasteiger partial charge in [-0.1, -0.05) is 127 Å². The van der Waals surface area contributed by atoms with Crippen LogP contribution in [-0.4, -0.2) is 19.9 Å². The minimum absolute atomic E-state index is 0.809. The Labute approximate surface area is 348 Å². The van der Waals surface area contributed by atoms with Crippen LogP contribution in [0.5, 0.6) is 0 Å². The molecule has 4 aromatic heterocycles. The predicted octanol–water partition coefficient (Wildman–Crippen LogP) is 14.4. The third kappa shape index (κ3) is 6.56. The predicted molar refractivity (Wildman–Crippen MR) is 248 cm³/mol. The number of rotatable bonds is 7. The highest BCUT2D eigenvalue weighted by Crippen LogP contribution is 2.40. The second kappa shape index (κ2) is 15.0. The molecule has 11 rings (SSSR count). The fourth-order valence-corrected chi connectivity index (χ4v) is 8.45. The molecule has 7 aromatic carbocycles. The molecule has 0 radical (unpaired) electrons. The van der Waals surface area contributed by atoms with E-state index in [2.05, 4.69) is 168 Å². The van der Waals surface area contributed by atoms with Crippen molar-refractivity contribution in [3.8, 4) is 78.4 Å². The Balaban J connectivity index is 0.983. The normalized spacial score (nSPS) is 11.3. The molecule has 4 heterocycles. The van der Waals surface area contributed by atoms with Crippen molar-refractivity contribution in [2.45, 2.75) is 0 Å². The van der Waals surface area contributed by atoms with Gasteiger partial charge >= 0.3 is 0 Å². The molecular formula is C56H36N4. The van der Waals surface area contributed by atoms with Crippen molar-refractivity contribution in [1.29, 1.82) is 0 Å². The van der Waals surface area contributed by atoms with Crippen LogP contribution in [0, 0.1) is 0 Å². The van der Waals surface area contributed by atoms with Gasteiger partial charge in [-0.05, 0) is 144 Å². The summed E-state index contributed by atoms with van der Waals surface area (Å²) in [4.78, 5) is 19.0. The average molecular weight is 765 g/mol. The summed E-state index contributed by atoms with van der Waals surface area (Å²) in [6.07, 6.45) is 7.54. The van der Waals surface area contributed by atoms with Crippen LogP contribution in [-0.2, 0) is 0 Å². The summed E-state index contributed by atoms with van der Waals surface area (Å²) in [6.45, 7) is 0. The second-order valence-corrected chi connectivity index (χ2v) is 15.1. The zero-order valence-corrected chi connectivity index (χ0v) is 32.6. The third-order valence-corrected chi connectivity index (χ3v) is 11.4. The molecule has 0 aliphatic heterocycles. The summed E-state index contributed by atoms with van der Waals surface area (Å²) in [5, 5.41) is 7.38. The van der Waals surface area contributed by atoms with E-state index in [0.717, 1.165) is 67.3 Å². The van der Waals surface area contributed by atoms with Crippen LogP contribution in [0.4, 0.5) is 0 Å². The molecule has 0 bridgehead atoms. The molecule has 280 valence electrons. The first-order valence-electron chi connectivity index (χ1n) is 20.2. The van der Waals surface area contributed by atoms with Crippen molar-refractivity contribution < 1.29 is 0 Å². The van der Waals surface area contributed by atoms with Gasteiger partial charge in [0.1, 0.15) is 0 Å². The molecule has 0 fully saturated rings. The van der Waals surface area contributed by atoms with Crippen LogP contribution in [0.25, 0.3) is 111 Å². The van der Waals surface area contributed by atoms with Gasteiger partial charge in [-0.3, -0.25) is 15.0 Å². The standard InChI is InChI=1S/C56H36N4/c1-2-12-37(13-3-1)38-14-10-17-41(28-38)45-30-46(36-57-35-45)43-23-25-50-49-24-22-42(31-51(49)47-18-4-5-19-48(47)52(50)32-43)39-15-11-16-40(29-39)44-33-55(53-20-6-8-26-58-53)60-56(34-44)54-21-7-9-27-59-54/h1-36H. The van der Waals surface area contributed by atoms with E-state index < -0.39 is 0 Å². The molecule has 4 nitrogen and oxygen atoms in total. The van der Waals surface area contributed by atoms with Crippen LogP contribution in [0.15, 0.2) is 219 Å². The molecule has 0 saturated carbocycles. The van der Waals surface area contributed by atoms with Crippen molar-refractivity contribution in [2.24, 2.45) is 0 Å². The Morgan fingerprint density at radius 1 is 0.233 bits per heavy atom. The number of aromatic nitrogens is 4. The highest BCUT2D eigenvalue weighted by atomic mass is 14.8. The Morgan fingerprint density at radius 2 is 0.650 bits per heavy atom. The summed E-state index contributed by atoms with van der Waals surface area (Å²) in [6, 6.07) is 68.9. The van der Waals surface area contributed by atoms with Crippen molar-refractivity contribution in [3.05, 3.63) is 219 Å². The Morgan fingerprint density at radius 3 is 1.20 bits per heavy atom. The van der Waals surface area contributed by atoms with Crippen LogP contribution >= 0.6 is 0 Å². The van der Waals surface area contributed by atoms with Gasteiger partial charge in [0.25, 0.3) is 0 Å². The molecule has 0 aliphatic rings. The number of benzene rings is 7. The fraction of sp³-hybridized carbons (Fsp3) is 0. The maximum atomic E-state index is 4.99. The summed E-state index contributed by atoms with van der Waals surface area (Å²) < 4.78 is 0. The highest BCUT2D eigenvalue weighted by molar-refractivity contribution is 6.26. The molecular weight excluding hydrogens is 729 g/mol. The third-order valence-electron chi connectivity index (χ3n) is 11.4. The molecule has 0 N–H and O–H groups in total. The van der Waals surface area contributed by atoms with Crippen molar-refractivity contribution >= 4 is 32.3 Å². The quantitative estimate of drug-likeness (QED) is 0.152. The lowest BCUT2D eigenvalue weighted by molar-refractivity contribution is 1.22. The Bertz CT molecular complexity index is 3280. The first-order valence-corrected chi connectivity index (χ1v) is 20.2. The average Bonchev–Trinajstić information content (AvgIpc) is 3.34. The van der Waals surface area contributed by atoms with Crippen LogP contribution in [0.1, 0.15) is 0 Å². The van der Waals surface area contributed by atoms with Crippen LogP contribution in [0.3, 0.4) is 0 Å². The second-order valence-electron chi connectivity index (χ2n) is 15.1. The number of nitrogens with zero attached hydrogens (tertiary/aromatic N) is 4. The lowest BCUT2D eigenvalue weighted by atomic mass is 9.90. The number of pyridine rings is 4. The zero-order chi connectivity index (χ0) is 39.8. The highest BCUT2D eigenvalue weighted by Gasteiger charge is 2.14. The van der Waals surface area contributed by atoms with E-state index in [0.29, 0.717) is 0 Å². The fourth-order valence-electron chi connectivity index (χ4n) is 8.45. The number of fused-ring (bicyclic) bond motifs is 6. The molecule has 0 saturated heterocycles. The smallest absolute Gasteiger partial charge is 0.0900 e. The molecule has 11 aromatic rings. The SMILES string of the molecule is c1ccc(-c2cccc(-c3cncc(-c4ccc5c6ccc(-c7cccc(-c8cc(-c9ccccn9)nc(-c9ccccn9)c8)c7)cc6c6ccccc6c5c4)c3)c2)cc1. The van der Waals surface area contributed by atoms with E-state index in [1.807, 2.05) is 48.8 Å². The summed E-state index contributed by atoms with van der Waals surface area (Å²) in [5.41, 5.74) is 14.6. The maximum absolute atomic E-state index is 4.99. The molecule has 0 amide bonds. The number of hydrogen-bond donors (Lipinski definition) is 0. The van der Waals surface area contributed by atoms with Gasteiger partial charge in [-0.2, -0.15) is 0 Å². The molecule has 0 aliphatic carbocycles. The van der Waals surface area contributed by atoms with Gasteiger partial charge < -0.3 is 0 Å². The number of hydrogen-bond acceptors (Lipinski definition) is 4. The van der Waals surface area contributed by atoms with E-state index in [1.165, 1.54) is 43.4 Å². The maximum Gasteiger partial charge on any atom is 0.0900 e. The van der Waals surface area contributed by atoms with E-state index >= 15 is 0 Å². The topological polar surface area (TPSA) is 51.6 Å². The summed E-state index contributed by atoms with van der Waals surface area (Å²) in [7, 11) is 0. The molecule has 0 unspecified atom stereocenters. The molecule has 0 spiro atoms. The minimum Gasteiger partial charge on any atom is -0.263 e. The summed E-state index contributed by atoms with van der Waals surface area (Å²) >= 11 is 0. The van der Waals surface area contributed by atoms with Gasteiger partial charge in [0.15, 0.2) is 0 Å². The van der Waals surface area contributed by atoms with Gasteiger partial charge in [0.2, 0.25) is 0 Å². The molecule has 0 atom stereocenters.